The summed E-state index contributed by atoms with van der Waals surface area (Å²) in [7, 11) is 0. The first-order valence-electron chi connectivity index (χ1n) is 6.96. The van der Waals surface area contributed by atoms with Gasteiger partial charge in [0.25, 0.3) is 0 Å². The van der Waals surface area contributed by atoms with E-state index in [1.165, 1.54) is 18.4 Å². The highest BCUT2D eigenvalue weighted by atomic mass is 16.2. The normalized spacial score (nSPS) is 15.2. The number of anilines is 1. The van der Waals surface area contributed by atoms with Crippen molar-refractivity contribution in [2.45, 2.75) is 19.8 Å². The molecule has 20 heavy (non-hydrogen) atoms. The number of carbonyl (C=O) groups is 1. The summed E-state index contributed by atoms with van der Waals surface area (Å²) < 4.78 is 0. The molecule has 3 rings (SSSR count). The fourth-order valence-corrected chi connectivity index (χ4v) is 2.33. The Morgan fingerprint density at radius 3 is 2.70 bits per heavy atom. The molecule has 1 saturated carbocycles. The first-order chi connectivity index (χ1) is 9.74. The highest BCUT2D eigenvalue weighted by molar-refractivity contribution is 6.01. The number of amides is 2. The van der Waals surface area contributed by atoms with Gasteiger partial charge in [-0.15, -0.1) is 0 Å². The van der Waals surface area contributed by atoms with E-state index in [0.29, 0.717) is 5.92 Å². The predicted octanol–water partition coefficient (Wildman–Crippen LogP) is 4.28. The summed E-state index contributed by atoms with van der Waals surface area (Å²) in [6.45, 7) is 2.07. The molecule has 102 valence electrons. The van der Waals surface area contributed by atoms with Crippen molar-refractivity contribution in [2.75, 3.05) is 5.32 Å². The number of benzene rings is 2. The van der Waals surface area contributed by atoms with Crippen molar-refractivity contribution >= 4 is 22.5 Å². The van der Waals surface area contributed by atoms with Crippen LogP contribution in [-0.2, 0) is 0 Å². The Labute approximate surface area is 118 Å². The summed E-state index contributed by atoms with van der Waals surface area (Å²) in [4.78, 5) is 11.9. The van der Waals surface area contributed by atoms with E-state index in [0.717, 1.165) is 16.5 Å². The van der Waals surface area contributed by atoms with Gasteiger partial charge in [-0.05, 0) is 37.1 Å². The zero-order chi connectivity index (χ0) is 13.9. The molecular formula is C17H18N2O. The van der Waals surface area contributed by atoms with Crippen molar-refractivity contribution < 1.29 is 4.79 Å². The molecule has 2 aromatic rings. The molecule has 2 aromatic carbocycles. The maximum absolute atomic E-state index is 11.9. The minimum atomic E-state index is -0.193. The molecular weight excluding hydrogens is 248 g/mol. The Balaban J connectivity index is 1.72. The van der Waals surface area contributed by atoms with Crippen molar-refractivity contribution in [1.29, 1.82) is 0 Å². The van der Waals surface area contributed by atoms with Gasteiger partial charge in [0.15, 0.2) is 0 Å². The van der Waals surface area contributed by atoms with Gasteiger partial charge in [0, 0.05) is 11.6 Å². The highest BCUT2D eigenvalue weighted by Gasteiger charge is 2.22. The topological polar surface area (TPSA) is 41.1 Å². The average Bonchev–Trinajstić information content (AvgIpc) is 3.30. The molecule has 0 saturated heterocycles. The molecule has 3 nitrogen and oxygen atoms in total. The molecule has 1 aliphatic carbocycles. The Hall–Kier alpha value is -2.29. The van der Waals surface area contributed by atoms with Crippen LogP contribution >= 0.6 is 0 Å². The summed E-state index contributed by atoms with van der Waals surface area (Å²) in [5.74, 6) is 0.674. The highest BCUT2D eigenvalue weighted by Crippen LogP contribution is 2.35. The van der Waals surface area contributed by atoms with Crippen LogP contribution in [0.2, 0.25) is 0 Å². The van der Waals surface area contributed by atoms with Gasteiger partial charge in [0.2, 0.25) is 0 Å². The number of carbonyl (C=O) groups excluding carboxylic acids is 1. The number of urea groups is 1. The Morgan fingerprint density at radius 2 is 1.90 bits per heavy atom. The van der Waals surface area contributed by atoms with Crippen LogP contribution in [0.5, 0.6) is 0 Å². The zero-order valence-electron chi connectivity index (χ0n) is 11.5. The minimum Gasteiger partial charge on any atom is -0.314 e. The molecule has 1 aliphatic rings. The Bertz CT molecular complexity index is 666. The van der Waals surface area contributed by atoms with Crippen LogP contribution in [-0.4, -0.2) is 6.03 Å². The quantitative estimate of drug-likeness (QED) is 0.855. The van der Waals surface area contributed by atoms with E-state index < -0.39 is 0 Å². The van der Waals surface area contributed by atoms with Gasteiger partial charge in [-0.1, -0.05) is 42.0 Å². The molecule has 0 radical (unpaired) electrons. The van der Waals surface area contributed by atoms with Gasteiger partial charge in [-0.2, -0.15) is 0 Å². The number of hydrogen-bond donors (Lipinski definition) is 2. The monoisotopic (exact) mass is 266 g/mol. The van der Waals surface area contributed by atoms with Gasteiger partial charge >= 0.3 is 6.03 Å². The SMILES string of the molecule is C/C(=C\NC(=O)Nc1cccc2ccccc12)C1CC1. The van der Waals surface area contributed by atoms with E-state index in [1.54, 1.807) is 0 Å². The second-order valence-electron chi connectivity index (χ2n) is 5.29. The lowest BCUT2D eigenvalue weighted by atomic mass is 10.1. The molecule has 2 N–H and O–H groups in total. The molecule has 0 aliphatic heterocycles. The summed E-state index contributed by atoms with van der Waals surface area (Å²) in [6, 6.07) is 13.7. The predicted molar refractivity (Wildman–Crippen MR) is 82.6 cm³/mol. The fourth-order valence-electron chi connectivity index (χ4n) is 2.33. The third kappa shape index (κ3) is 2.82. The number of fused-ring (bicyclic) bond motifs is 1. The largest absolute Gasteiger partial charge is 0.323 e. The van der Waals surface area contributed by atoms with Crippen molar-refractivity contribution in [1.82, 2.24) is 5.32 Å². The van der Waals surface area contributed by atoms with E-state index >= 15 is 0 Å². The van der Waals surface area contributed by atoms with Gasteiger partial charge in [0.1, 0.15) is 0 Å². The molecule has 1 fully saturated rings. The Morgan fingerprint density at radius 1 is 1.15 bits per heavy atom. The van der Waals surface area contributed by atoms with Crippen LogP contribution in [0.4, 0.5) is 10.5 Å². The van der Waals surface area contributed by atoms with Crippen molar-refractivity contribution in [3.8, 4) is 0 Å². The smallest absolute Gasteiger partial charge is 0.314 e. The van der Waals surface area contributed by atoms with E-state index in [9.17, 15) is 4.79 Å². The van der Waals surface area contributed by atoms with Crippen molar-refractivity contribution in [3.05, 3.63) is 54.2 Å². The van der Waals surface area contributed by atoms with Crippen LogP contribution in [0.3, 0.4) is 0 Å². The van der Waals surface area contributed by atoms with Crippen LogP contribution in [0.1, 0.15) is 19.8 Å². The zero-order valence-corrected chi connectivity index (χ0v) is 11.5. The molecule has 0 heterocycles. The summed E-state index contributed by atoms with van der Waals surface area (Å²) in [6.07, 6.45) is 4.31. The lowest BCUT2D eigenvalue weighted by Crippen LogP contribution is -2.24. The van der Waals surface area contributed by atoms with Gasteiger partial charge in [-0.25, -0.2) is 4.79 Å². The fraction of sp³-hybridized carbons (Fsp3) is 0.235. The molecule has 3 heteroatoms. The van der Waals surface area contributed by atoms with Crippen LogP contribution < -0.4 is 10.6 Å². The molecule has 0 atom stereocenters. The van der Waals surface area contributed by atoms with E-state index in [4.69, 9.17) is 0 Å². The van der Waals surface area contributed by atoms with E-state index in [-0.39, 0.29) is 6.03 Å². The third-order valence-corrected chi connectivity index (χ3v) is 3.69. The number of allylic oxidation sites excluding steroid dienone is 1. The first kappa shape index (κ1) is 12.7. The number of nitrogens with one attached hydrogen (secondary N) is 2. The molecule has 0 unspecified atom stereocenters. The van der Waals surface area contributed by atoms with Gasteiger partial charge < -0.3 is 10.6 Å². The number of rotatable bonds is 3. The average molecular weight is 266 g/mol. The van der Waals surface area contributed by atoms with Gasteiger partial charge in [-0.3, -0.25) is 0 Å². The summed E-state index contributed by atoms with van der Waals surface area (Å²) in [5.41, 5.74) is 2.08. The van der Waals surface area contributed by atoms with Crippen LogP contribution in [0.15, 0.2) is 54.2 Å². The maximum atomic E-state index is 11.9. The van der Waals surface area contributed by atoms with Crippen LogP contribution in [0, 0.1) is 5.92 Å². The molecule has 0 spiro atoms. The summed E-state index contributed by atoms with van der Waals surface area (Å²) >= 11 is 0. The lowest BCUT2D eigenvalue weighted by molar-refractivity contribution is 0.255. The number of hydrogen-bond acceptors (Lipinski definition) is 1. The van der Waals surface area contributed by atoms with Gasteiger partial charge in [0.05, 0.1) is 5.69 Å². The second kappa shape index (κ2) is 5.37. The maximum Gasteiger partial charge on any atom is 0.323 e. The van der Waals surface area contributed by atoms with E-state index in [2.05, 4.69) is 17.6 Å². The van der Waals surface area contributed by atoms with E-state index in [1.807, 2.05) is 48.7 Å². The molecule has 0 bridgehead atoms. The standard InChI is InChI=1S/C17H18N2O/c1-12(13-9-10-13)11-18-17(20)19-16-8-4-6-14-5-2-3-7-15(14)16/h2-8,11,13H,9-10H2,1H3,(H2,18,19,20)/b12-11+. The molecule has 2 amide bonds. The Kier molecular flexibility index (Phi) is 3.42. The van der Waals surface area contributed by atoms with Crippen molar-refractivity contribution in [3.63, 3.8) is 0 Å². The molecule has 0 aromatic heterocycles. The first-order valence-corrected chi connectivity index (χ1v) is 6.96. The second-order valence-corrected chi connectivity index (χ2v) is 5.29. The van der Waals surface area contributed by atoms with Crippen LogP contribution in [0.25, 0.3) is 10.8 Å². The van der Waals surface area contributed by atoms with Crippen molar-refractivity contribution in [2.24, 2.45) is 5.92 Å². The lowest BCUT2D eigenvalue weighted by Gasteiger charge is -2.08. The third-order valence-electron chi connectivity index (χ3n) is 3.69. The minimum absolute atomic E-state index is 0.193. The summed E-state index contributed by atoms with van der Waals surface area (Å²) in [5, 5.41) is 7.88.